The van der Waals surface area contributed by atoms with Gasteiger partial charge >= 0.3 is 5.97 Å². The fourth-order valence-electron chi connectivity index (χ4n) is 1.13. The van der Waals surface area contributed by atoms with E-state index in [4.69, 9.17) is 4.74 Å². The van der Waals surface area contributed by atoms with Gasteiger partial charge in [-0.3, -0.25) is 0 Å². The van der Waals surface area contributed by atoms with E-state index in [0.29, 0.717) is 12.5 Å². The van der Waals surface area contributed by atoms with Crippen molar-refractivity contribution in [1.29, 1.82) is 0 Å². The minimum Gasteiger partial charge on any atom is -0.462 e. The number of hydrogen-bond donors (Lipinski definition) is 0. The number of benzene rings is 1. The lowest BCUT2D eigenvalue weighted by atomic mass is 10.1. The van der Waals surface area contributed by atoms with E-state index in [9.17, 15) is 4.79 Å². The standard InChI is InChI=1S/C14H17BrO2/c1-3-11(2)10-17-14(16)9-6-12-4-7-13(15)8-5-12/h4-9,11H,3,10H2,1-2H3. The Labute approximate surface area is 111 Å². The maximum absolute atomic E-state index is 11.4. The van der Waals surface area contributed by atoms with E-state index in [1.165, 1.54) is 6.08 Å². The zero-order valence-corrected chi connectivity index (χ0v) is 11.7. The second-order valence-electron chi connectivity index (χ2n) is 4.03. The lowest BCUT2D eigenvalue weighted by Crippen LogP contribution is -2.08. The molecule has 1 unspecified atom stereocenters. The number of carbonyl (C=O) groups excluding carboxylic acids is 1. The predicted octanol–water partition coefficient (Wildman–Crippen LogP) is 4.05. The molecule has 0 heterocycles. The lowest BCUT2D eigenvalue weighted by molar-refractivity contribution is -0.138. The summed E-state index contributed by atoms with van der Waals surface area (Å²) in [6, 6.07) is 7.74. The third-order valence-electron chi connectivity index (χ3n) is 2.49. The zero-order valence-electron chi connectivity index (χ0n) is 10.2. The molecule has 0 aliphatic carbocycles. The van der Waals surface area contributed by atoms with Gasteiger partial charge < -0.3 is 4.74 Å². The highest BCUT2D eigenvalue weighted by Crippen LogP contribution is 2.11. The normalized spacial score (nSPS) is 12.6. The van der Waals surface area contributed by atoms with Crippen LogP contribution in [-0.2, 0) is 9.53 Å². The first-order chi connectivity index (χ1) is 8.11. The van der Waals surface area contributed by atoms with Crippen LogP contribution in [0.4, 0.5) is 0 Å². The highest BCUT2D eigenvalue weighted by molar-refractivity contribution is 9.10. The molecule has 0 bridgehead atoms. The van der Waals surface area contributed by atoms with Crippen LogP contribution in [0.5, 0.6) is 0 Å². The molecule has 1 rings (SSSR count). The second-order valence-corrected chi connectivity index (χ2v) is 4.94. The van der Waals surface area contributed by atoms with Gasteiger partial charge in [-0.25, -0.2) is 4.79 Å². The first kappa shape index (κ1) is 14.0. The van der Waals surface area contributed by atoms with Crippen molar-refractivity contribution in [3.05, 3.63) is 40.4 Å². The fourth-order valence-corrected chi connectivity index (χ4v) is 1.39. The number of carbonyl (C=O) groups is 1. The molecule has 0 saturated carbocycles. The highest BCUT2D eigenvalue weighted by Gasteiger charge is 2.02. The van der Waals surface area contributed by atoms with Gasteiger partial charge in [0.25, 0.3) is 0 Å². The number of halogens is 1. The Morgan fingerprint density at radius 1 is 1.41 bits per heavy atom. The Kier molecular flexibility index (Phi) is 5.98. The minimum absolute atomic E-state index is 0.284. The third kappa shape index (κ3) is 5.68. The van der Waals surface area contributed by atoms with E-state index >= 15 is 0 Å². The molecule has 0 amide bonds. The summed E-state index contributed by atoms with van der Waals surface area (Å²) >= 11 is 3.36. The maximum Gasteiger partial charge on any atom is 0.330 e. The topological polar surface area (TPSA) is 26.3 Å². The maximum atomic E-state index is 11.4. The van der Waals surface area contributed by atoms with Gasteiger partial charge in [0.15, 0.2) is 0 Å². The molecule has 0 saturated heterocycles. The molecule has 92 valence electrons. The van der Waals surface area contributed by atoms with Crippen molar-refractivity contribution in [1.82, 2.24) is 0 Å². The van der Waals surface area contributed by atoms with Gasteiger partial charge in [-0.1, -0.05) is 48.3 Å². The summed E-state index contributed by atoms with van der Waals surface area (Å²) in [5, 5.41) is 0. The quantitative estimate of drug-likeness (QED) is 0.605. The van der Waals surface area contributed by atoms with Crippen LogP contribution in [-0.4, -0.2) is 12.6 Å². The molecule has 1 atom stereocenters. The smallest absolute Gasteiger partial charge is 0.330 e. The molecular formula is C14H17BrO2. The molecule has 1 aromatic carbocycles. The van der Waals surface area contributed by atoms with E-state index in [1.54, 1.807) is 6.08 Å². The summed E-state index contributed by atoms with van der Waals surface area (Å²) < 4.78 is 6.13. The van der Waals surface area contributed by atoms with Crippen LogP contribution in [0.25, 0.3) is 6.08 Å². The van der Waals surface area contributed by atoms with Crippen LogP contribution in [0.3, 0.4) is 0 Å². The summed E-state index contributed by atoms with van der Waals surface area (Å²) in [4.78, 5) is 11.4. The summed E-state index contributed by atoms with van der Waals surface area (Å²) in [5.41, 5.74) is 0.980. The van der Waals surface area contributed by atoms with Gasteiger partial charge in [-0.15, -0.1) is 0 Å². The van der Waals surface area contributed by atoms with Gasteiger partial charge in [-0.05, 0) is 29.7 Å². The van der Waals surface area contributed by atoms with Crippen LogP contribution >= 0.6 is 15.9 Å². The van der Waals surface area contributed by atoms with Gasteiger partial charge in [0.05, 0.1) is 6.61 Å². The molecule has 1 aromatic rings. The molecule has 17 heavy (non-hydrogen) atoms. The van der Waals surface area contributed by atoms with E-state index in [-0.39, 0.29) is 5.97 Å². The predicted molar refractivity (Wildman–Crippen MR) is 73.6 cm³/mol. The number of ether oxygens (including phenoxy) is 1. The average Bonchev–Trinajstić information content (AvgIpc) is 2.35. The Morgan fingerprint density at radius 2 is 2.06 bits per heavy atom. The zero-order chi connectivity index (χ0) is 12.7. The van der Waals surface area contributed by atoms with Crippen molar-refractivity contribution < 1.29 is 9.53 Å². The Balaban J connectivity index is 2.42. The molecule has 0 aliphatic rings. The van der Waals surface area contributed by atoms with Crippen molar-refractivity contribution >= 4 is 28.0 Å². The first-order valence-corrected chi connectivity index (χ1v) is 6.51. The number of hydrogen-bond acceptors (Lipinski definition) is 2. The Bertz CT molecular complexity index is 382. The van der Waals surface area contributed by atoms with Gasteiger partial charge in [-0.2, -0.15) is 0 Å². The highest BCUT2D eigenvalue weighted by atomic mass is 79.9. The number of esters is 1. The number of rotatable bonds is 5. The van der Waals surface area contributed by atoms with E-state index in [2.05, 4.69) is 29.8 Å². The molecule has 0 aromatic heterocycles. The molecule has 2 nitrogen and oxygen atoms in total. The van der Waals surface area contributed by atoms with Crippen molar-refractivity contribution in [2.75, 3.05) is 6.61 Å². The molecule has 0 spiro atoms. The monoisotopic (exact) mass is 296 g/mol. The van der Waals surface area contributed by atoms with E-state index in [0.717, 1.165) is 16.5 Å². The summed E-state index contributed by atoms with van der Waals surface area (Å²) in [7, 11) is 0. The van der Waals surface area contributed by atoms with Crippen molar-refractivity contribution in [3.63, 3.8) is 0 Å². The Morgan fingerprint density at radius 3 is 2.65 bits per heavy atom. The SMILES string of the molecule is CCC(C)COC(=O)C=Cc1ccc(Br)cc1. The van der Waals surface area contributed by atoms with Crippen LogP contribution < -0.4 is 0 Å². The van der Waals surface area contributed by atoms with Crippen LogP contribution in [0.15, 0.2) is 34.8 Å². The van der Waals surface area contributed by atoms with Crippen LogP contribution in [0.1, 0.15) is 25.8 Å². The molecule has 0 N–H and O–H groups in total. The van der Waals surface area contributed by atoms with Gasteiger partial charge in [0.1, 0.15) is 0 Å². The molecular weight excluding hydrogens is 280 g/mol. The van der Waals surface area contributed by atoms with Crippen LogP contribution in [0.2, 0.25) is 0 Å². The van der Waals surface area contributed by atoms with Crippen molar-refractivity contribution in [2.45, 2.75) is 20.3 Å². The van der Waals surface area contributed by atoms with Gasteiger partial charge in [0.2, 0.25) is 0 Å². The van der Waals surface area contributed by atoms with E-state index < -0.39 is 0 Å². The minimum atomic E-state index is -0.284. The van der Waals surface area contributed by atoms with Crippen molar-refractivity contribution in [2.24, 2.45) is 5.92 Å². The van der Waals surface area contributed by atoms with Crippen molar-refractivity contribution in [3.8, 4) is 0 Å². The third-order valence-corrected chi connectivity index (χ3v) is 3.02. The molecule has 0 fully saturated rings. The summed E-state index contributed by atoms with van der Waals surface area (Å²) in [5.74, 6) is 0.133. The van der Waals surface area contributed by atoms with Gasteiger partial charge in [0, 0.05) is 10.5 Å². The molecule has 0 radical (unpaired) electrons. The second kappa shape index (κ2) is 7.28. The first-order valence-electron chi connectivity index (χ1n) is 5.72. The van der Waals surface area contributed by atoms with E-state index in [1.807, 2.05) is 24.3 Å². The summed E-state index contributed by atoms with van der Waals surface area (Å²) in [6.45, 7) is 4.63. The van der Waals surface area contributed by atoms with Crippen LogP contribution in [0, 0.1) is 5.92 Å². The largest absolute Gasteiger partial charge is 0.462 e. The lowest BCUT2D eigenvalue weighted by Gasteiger charge is -2.07. The summed E-state index contributed by atoms with van der Waals surface area (Å²) in [6.07, 6.45) is 4.24. The molecule has 3 heteroatoms. The Hall–Kier alpha value is -1.09. The fraction of sp³-hybridized carbons (Fsp3) is 0.357. The molecule has 0 aliphatic heterocycles. The average molecular weight is 297 g/mol.